The van der Waals surface area contributed by atoms with Crippen LogP contribution in [0.15, 0.2) is 18.2 Å². The summed E-state index contributed by atoms with van der Waals surface area (Å²) in [5.41, 5.74) is 1.07. The topological polar surface area (TPSA) is 56.8 Å². The second kappa shape index (κ2) is 8.52. The maximum absolute atomic E-state index is 11.6. The molecule has 0 spiro atoms. The van der Waals surface area contributed by atoms with Gasteiger partial charge in [-0.15, -0.1) is 0 Å². The Morgan fingerprint density at radius 1 is 1.24 bits per heavy atom. The third-order valence-corrected chi connectivity index (χ3v) is 2.86. The van der Waals surface area contributed by atoms with Crippen LogP contribution in [0, 0.1) is 0 Å². The van der Waals surface area contributed by atoms with E-state index in [1.165, 1.54) is 0 Å². The molecule has 1 N–H and O–H groups in total. The molecule has 0 aliphatic carbocycles. The number of hydrogen-bond acceptors (Lipinski definition) is 5. The largest absolute Gasteiger partial charge is 0.493 e. The number of hydrogen-bond donors (Lipinski definition) is 1. The summed E-state index contributed by atoms with van der Waals surface area (Å²) in [5.74, 6) is 0.755. The average molecular weight is 295 g/mol. The maximum Gasteiger partial charge on any atom is 0.347 e. The summed E-state index contributed by atoms with van der Waals surface area (Å²) in [6.07, 6.45) is -0.674. The number of benzene rings is 1. The lowest BCUT2D eigenvalue weighted by atomic mass is 10.2. The molecule has 0 fully saturated rings. The van der Waals surface area contributed by atoms with Crippen LogP contribution in [0.3, 0.4) is 0 Å². The predicted octanol–water partition coefficient (Wildman–Crippen LogP) is 2.52. The summed E-state index contributed by atoms with van der Waals surface area (Å²) < 4.78 is 15.9. The molecule has 0 saturated heterocycles. The molecule has 0 aliphatic heterocycles. The van der Waals surface area contributed by atoms with E-state index in [0.29, 0.717) is 24.1 Å². The van der Waals surface area contributed by atoms with Gasteiger partial charge < -0.3 is 19.5 Å². The van der Waals surface area contributed by atoms with E-state index in [-0.39, 0.29) is 5.97 Å². The Morgan fingerprint density at radius 3 is 2.52 bits per heavy atom. The van der Waals surface area contributed by atoms with Gasteiger partial charge in [-0.2, -0.15) is 0 Å². The van der Waals surface area contributed by atoms with Crippen molar-refractivity contribution in [2.24, 2.45) is 0 Å². The van der Waals surface area contributed by atoms with Gasteiger partial charge in [-0.1, -0.05) is 19.9 Å². The molecule has 118 valence electrons. The fraction of sp³-hybridized carbons (Fsp3) is 0.562. The van der Waals surface area contributed by atoms with Gasteiger partial charge in [0.05, 0.1) is 13.7 Å². The van der Waals surface area contributed by atoms with Crippen molar-refractivity contribution in [3.8, 4) is 11.5 Å². The fourth-order valence-electron chi connectivity index (χ4n) is 1.74. The molecular formula is C16H25NO4. The second-order valence-electron chi connectivity index (χ2n) is 5.03. The number of esters is 1. The zero-order valence-corrected chi connectivity index (χ0v) is 13.4. The molecule has 0 heterocycles. The lowest BCUT2D eigenvalue weighted by molar-refractivity contribution is -0.150. The SMILES string of the molecule is CCOC(=O)C(C)Oc1cc(CNC(C)C)ccc1OC. The highest BCUT2D eigenvalue weighted by atomic mass is 16.6. The van der Waals surface area contributed by atoms with E-state index < -0.39 is 6.10 Å². The van der Waals surface area contributed by atoms with Crippen LogP contribution in [0.25, 0.3) is 0 Å². The van der Waals surface area contributed by atoms with Gasteiger partial charge in [-0.3, -0.25) is 0 Å². The van der Waals surface area contributed by atoms with Crippen molar-refractivity contribution < 1.29 is 19.0 Å². The van der Waals surface area contributed by atoms with Crippen molar-refractivity contribution in [1.82, 2.24) is 5.32 Å². The molecule has 0 radical (unpaired) electrons. The maximum atomic E-state index is 11.6. The van der Waals surface area contributed by atoms with Gasteiger partial charge in [-0.05, 0) is 31.5 Å². The first kappa shape index (κ1) is 17.3. The van der Waals surface area contributed by atoms with E-state index in [1.807, 2.05) is 18.2 Å². The van der Waals surface area contributed by atoms with Gasteiger partial charge >= 0.3 is 5.97 Å². The van der Waals surface area contributed by atoms with Crippen molar-refractivity contribution >= 4 is 5.97 Å². The van der Waals surface area contributed by atoms with Crippen LogP contribution >= 0.6 is 0 Å². The van der Waals surface area contributed by atoms with Crippen molar-refractivity contribution in [2.45, 2.75) is 46.4 Å². The molecule has 0 amide bonds. The molecule has 0 saturated carbocycles. The number of rotatable bonds is 8. The molecule has 5 nitrogen and oxygen atoms in total. The normalized spacial score (nSPS) is 12.1. The van der Waals surface area contributed by atoms with E-state index in [4.69, 9.17) is 14.2 Å². The van der Waals surface area contributed by atoms with E-state index in [1.54, 1.807) is 21.0 Å². The second-order valence-corrected chi connectivity index (χ2v) is 5.03. The van der Waals surface area contributed by atoms with Crippen LogP contribution in [0.5, 0.6) is 11.5 Å². The van der Waals surface area contributed by atoms with Crippen molar-refractivity contribution in [3.05, 3.63) is 23.8 Å². The Labute approximate surface area is 126 Å². The minimum atomic E-state index is -0.674. The Kier molecular flexibility index (Phi) is 7.02. The zero-order chi connectivity index (χ0) is 15.8. The van der Waals surface area contributed by atoms with E-state index in [2.05, 4.69) is 19.2 Å². The van der Waals surface area contributed by atoms with Gasteiger partial charge in [0.25, 0.3) is 0 Å². The summed E-state index contributed by atoms with van der Waals surface area (Å²) >= 11 is 0. The smallest absolute Gasteiger partial charge is 0.347 e. The van der Waals surface area contributed by atoms with Gasteiger partial charge in [0.15, 0.2) is 17.6 Å². The van der Waals surface area contributed by atoms with Crippen LogP contribution < -0.4 is 14.8 Å². The van der Waals surface area contributed by atoms with Gasteiger partial charge in [-0.25, -0.2) is 4.79 Å². The van der Waals surface area contributed by atoms with Gasteiger partial charge in [0, 0.05) is 12.6 Å². The standard InChI is InChI=1S/C16H25NO4/c1-6-20-16(18)12(4)21-15-9-13(10-17-11(2)3)7-8-14(15)19-5/h7-9,11-12,17H,6,10H2,1-5H3. The fourth-order valence-corrected chi connectivity index (χ4v) is 1.74. The first-order valence-corrected chi connectivity index (χ1v) is 7.21. The lowest BCUT2D eigenvalue weighted by Crippen LogP contribution is -2.26. The molecular weight excluding hydrogens is 270 g/mol. The van der Waals surface area contributed by atoms with Gasteiger partial charge in [0.1, 0.15) is 0 Å². The molecule has 0 aromatic heterocycles. The quantitative estimate of drug-likeness (QED) is 0.747. The lowest BCUT2D eigenvalue weighted by Gasteiger charge is -2.17. The molecule has 1 aromatic rings. The Hall–Kier alpha value is -1.75. The number of ether oxygens (including phenoxy) is 3. The van der Waals surface area contributed by atoms with Crippen molar-refractivity contribution in [2.75, 3.05) is 13.7 Å². The minimum absolute atomic E-state index is 0.335. The highest BCUT2D eigenvalue weighted by Crippen LogP contribution is 2.29. The van der Waals surface area contributed by atoms with Crippen molar-refractivity contribution in [3.63, 3.8) is 0 Å². The van der Waals surface area contributed by atoms with Crippen LogP contribution in [0.2, 0.25) is 0 Å². The van der Waals surface area contributed by atoms with Gasteiger partial charge in [0.2, 0.25) is 0 Å². The number of carbonyl (C=O) groups is 1. The number of carbonyl (C=O) groups excluding carboxylic acids is 1. The monoisotopic (exact) mass is 295 g/mol. The highest BCUT2D eigenvalue weighted by Gasteiger charge is 2.18. The van der Waals surface area contributed by atoms with E-state index >= 15 is 0 Å². The molecule has 5 heteroatoms. The van der Waals surface area contributed by atoms with Crippen LogP contribution in [-0.4, -0.2) is 31.8 Å². The van der Waals surface area contributed by atoms with E-state index in [9.17, 15) is 4.79 Å². The molecule has 21 heavy (non-hydrogen) atoms. The molecule has 0 aliphatic rings. The van der Waals surface area contributed by atoms with Crippen molar-refractivity contribution in [1.29, 1.82) is 0 Å². The third-order valence-electron chi connectivity index (χ3n) is 2.86. The summed E-state index contributed by atoms with van der Waals surface area (Å²) in [6, 6.07) is 6.08. The Bertz CT molecular complexity index is 460. The zero-order valence-electron chi connectivity index (χ0n) is 13.4. The summed E-state index contributed by atoms with van der Waals surface area (Å²) in [5, 5.41) is 3.33. The predicted molar refractivity (Wildman–Crippen MR) is 81.7 cm³/mol. The molecule has 0 bridgehead atoms. The number of nitrogens with one attached hydrogen (secondary N) is 1. The third kappa shape index (κ3) is 5.63. The molecule has 1 rings (SSSR count). The van der Waals surface area contributed by atoms with Crippen LogP contribution in [0.1, 0.15) is 33.3 Å². The summed E-state index contributed by atoms with van der Waals surface area (Å²) in [4.78, 5) is 11.6. The number of methoxy groups -OCH3 is 1. The minimum Gasteiger partial charge on any atom is -0.493 e. The summed E-state index contributed by atoms with van der Waals surface area (Å²) in [7, 11) is 1.57. The van der Waals surface area contributed by atoms with Crippen LogP contribution in [0.4, 0.5) is 0 Å². The Morgan fingerprint density at radius 2 is 1.95 bits per heavy atom. The van der Waals surface area contributed by atoms with Crippen LogP contribution in [-0.2, 0) is 16.1 Å². The highest BCUT2D eigenvalue weighted by molar-refractivity contribution is 5.74. The molecule has 1 atom stereocenters. The molecule has 1 unspecified atom stereocenters. The average Bonchev–Trinajstić information content (AvgIpc) is 2.45. The summed E-state index contributed by atoms with van der Waals surface area (Å²) in [6.45, 7) is 8.67. The molecule has 1 aromatic carbocycles. The first-order valence-electron chi connectivity index (χ1n) is 7.21. The Balaban J connectivity index is 2.82. The van der Waals surface area contributed by atoms with E-state index in [0.717, 1.165) is 12.1 Å². The first-order chi connectivity index (χ1) is 9.97.